The van der Waals surface area contributed by atoms with Gasteiger partial charge in [0, 0.05) is 6.04 Å². The van der Waals surface area contributed by atoms with Gasteiger partial charge in [-0.2, -0.15) is 8.42 Å². The monoisotopic (exact) mass is 301 g/mol. The van der Waals surface area contributed by atoms with Crippen LogP contribution < -0.4 is 10.1 Å². The highest BCUT2D eigenvalue weighted by Gasteiger charge is 2.08. The van der Waals surface area contributed by atoms with Gasteiger partial charge in [0.05, 0.1) is 5.75 Å². The fourth-order valence-corrected chi connectivity index (χ4v) is 2.41. The first-order valence-corrected chi connectivity index (χ1v) is 8.28. The molecule has 1 aromatic carbocycles. The smallest absolute Gasteiger partial charge is 0.264 e. The molecule has 0 aliphatic carbocycles. The van der Waals surface area contributed by atoms with Crippen molar-refractivity contribution in [3.8, 4) is 5.75 Å². The maximum Gasteiger partial charge on any atom is 0.264 e. The Kier molecular flexibility index (Phi) is 6.45. The molecule has 0 heterocycles. The molecular weight excluding hydrogens is 278 g/mol. The van der Waals surface area contributed by atoms with Crippen LogP contribution in [0, 0.1) is 13.8 Å². The highest BCUT2D eigenvalue weighted by Crippen LogP contribution is 2.22. The number of benzene rings is 1. The number of hydrogen-bond donors (Lipinski definition) is 2. The van der Waals surface area contributed by atoms with Crippen LogP contribution >= 0.6 is 0 Å². The van der Waals surface area contributed by atoms with Crippen molar-refractivity contribution in [2.24, 2.45) is 0 Å². The van der Waals surface area contributed by atoms with Gasteiger partial charge in [0.15, 0.2) is 0 Å². The summed E-state index contributed by atoms with van der Waals surface area (Å²) in [6.07, 6.45) is 0.382. The zero-order valence-corrected chi connectivity index (χ0v) is 13.0. The van der Waals surface area contributed by atoms with E-state index >= 15 is 0 Å². The van der Waals surface area contributed by atoms with Crippen molar-refractivity contribution in [3.63, 3.8) is 0 Å². The van der Waals surface area contributed by atoms with Crippen molar-refractivity contribution >= 4 is 10.1 Å². The van der Waals surface area contributed by atoms with E-state index in [9.17, 15) is 8.42 Å². The van der Waals surface area contributed by atoms with E-state index in [1.807, 2.05) is 39.0 Å². The normalized spacial score (nSPS) is 13.2. The van der Waals surface area contributed by atoms with E-state index < -0.39 is 10.1 Å². The summed E-state index contributed by atoms with van der Waals surface area (Å²) in [6.45, 7) is 7.02. The van der Waals surface area contributed by atoms with E-state index in [0.29, 0.717) is 19.6 Å². The lowest BCUT2D eigenvalue weighted by molar-refractivity contribution is 0.270. The van der Waals surface area contributed by atoms with Crippen LogP contribution in [-0.2, 0) is 10.1 Å². The van der Waals surface area contributed by atoms with Gasteiger partial charge in [0.25, 0.3) is 10.1 Å². The molecule has 5 nitrogen and oxygen atoms in total. The second-order valence-corrected chi connectivity index (χ2v) is 6.60. The van der Waals surface area contributed by atoms with Gasteiger partial charge in [-0.15, -0.1) is 0 Å². The number of aryl methyl sites for hydroxylation is 2. The molecule has 0 aliphatic heterocycles. The van der Waals surface area contributed by atoms with Crippen molar-refractivity contribution in [1.82, 2.24) is 5.32 Å². The minimum Gasteiger partial charge on any atom is -0.491 e. The summed E-state index contributed by atoms with van der Waals surface area (Å²) in [7, 11) is -3.86. The summed E-state index contributed by atoms with van der Waals surface area (Å²) in [4.78, 5) is 0. The lowest BCUT2D eigenvalue weighted by atomic mass is 10.1. The van der Waals surface area contributed by atoms with Crippen LogP contribution in [0.3, 0.4) is 0 Å². The van der Waals surface area contributed by atoms with Crippen LogP contribution in [0.5, 0.6) is 5.75 Å². The molecule has 2 N–H and O–H groups in total. The molecule has 0 bridgehead atoms. The van der Waals surface area contributed by atoms with Gasteiger partial charge in [0.2, 0.25) is 0 Å². The fraction of sp³-hybridized carbons (Fsp3) is 0.571. The number of rotatable bonds is 8. The summed E-state index contributed by atoms with van der Waals surface area (Å²) < 4.78 is 35.5. The predicted molar refractivity (Wildman–Crippen MR) is 79.9 cm³/mol. The molecule has 1 atom stereocenters. The summed E-state index contributed by atoms with van der Waals surface area (Å²) in [5.41, 5.74) is 2.20. The van der Waals surface area contributed by atoms with Gasteiger partial charge in [-0.05, 0) is 44.9 Å². The largest absolute Gasteiger partial charge is 0.491 e. The van der Waals surface area contributed by atoms with Gasteiger partial charge < -0.3 is 10.1 Å². The molecule has 114 valence electrons. The first kappa shape index (κ1) is 16.9. The van der Waals surface area contributed by atoms with Crippen LogP contribution in [0.2, 0.25) is 0 Å². The first-order valence-electron chi connectivity index (χ1n) is 6.67. The topological polar surface area (TPSA) is 75.6 Å². The number of nitrogens with one attached hydrogen (secondary N) is 1. The van der Waals surface area contributed by atoms with E-state index in [2.05, 4.69) is 5.32 Å². The van der Waals surface area contributed by atoms with Gasteiger partial charge in [0.1, 0.15) is 12.4 Å². The number of para-hydroxylation sites is 1. The van der Waals surface area contributed by atoms with Gasteiger partial charge in [-0.3, -0.25) is 4.55 Å². The van der Waals surface area contributed by atoms with Crippen molar-refractivity contribution in [1.29, 1.82) is 0 Å². The molecule has 0 aliphatic rings. The van der Waals surface area contributed by atoms with E-state index in [4.69, 9.17) is 9.29 Å². The molecule has 0 spiro atoms. The average molecular weight is 301 g/mol. The molecular formula is C14H23NO4S. The van der Waals surface area contributed by atoms with Crippen LogP contribution in [0.25, 0.3) is 0 Å². The van der Waals surface area contributed by atoms with Crippen molar-refractivity contribution in [2.45, 2.75) is 33.2 Å². The zero-order valence-electron chi connectivity index (χ0n) is 12.2. The Morgan fingerprint density at radius 1 is 1.30 bits per heavy atom. The highest BCUT2D eigenvalue weighted by molar-refractivity contribution is 7.85. The van der Waals surface area contributed by atoms with E-state index in [-0.39, 0.29) is 11.8 Å². The van der Waals surface area contributed by atoms with Gasteiger partial charge >= 0.3 is 0 Å². The van der Waals surface area contributed by atoms with Crippen LogP contribution in [0.4, 0.5) is 0 Å². The molecule has 0 saturated heterocycles. The second kappa shape index (κ2) is 7.61. The Balaban J connectivity index is 2.31. The molecule has 20 heavy (non-hydrogen) atoms. The Morgan fingerprint density at radius 2 is 1.90 bits per heavy atom. The van der Waals surface area contributed by atoms with Crippen LogP contribution in [0.1, 0.15) is 24.5 Å². The average Bonchev–Trinajstić information content (AvgIpc) is 2.33. The second-order valence-electron chi connectivity index (χ2n) is 5.03. The minimum absolute atomic E-state index is 0.107. The first-order chi connectivity index (χ1) is 9.29. The number of ether oxygens (including phenoxy) is 1. The lowest BCUT2D eigenvalue weighted by Crippen LogP contribution is -2.33. The van der Waals surface area contributed by atoms with E-state index in [0.717, 1.165) is 16.9 Å². The van der Waals surface area contributed by atoms with Gasteiger partial charge in [-0.1, -0.05) is 18.2 Å². The molecule has 6 heteroatoms. The zero-order chi connectivity index (χ0) is 15.2. The quantitative estimate of drug-likeness (QED) is 0.567. The lowest BCUT2D eigenvalue weighted by Gasteiger charge is -2.17. The van der Waals surface area contributed by atoms with Crippen LogP contribution in [0.15, 0.2) is 18.2 Å². The molecule has 1 aromatic rings. The maximum absolute atomic E-state index is 10.6. The van der Waals surface area contributed by atoms with E-state index in [1.54, 1.807) is 0 Å². The maximum atomic E-state index is 10.6. The SMILES string of the molecule is Cc1cccc(C)c1OCC(C)NCCCS(=O)(=O)O. The van der Waals surface area contributed by atoms with Crippen LogP contribution in [-0.4, -0.2) is 37.9 Å². The molecule has 1 unspecified atom stereocenters. The minimum atomic E-state index is -3.86. The highest BCUT2D eigenvalue weighted by atomic mass is 32.2. The predicted octanol–water partition coefficient (Wildman–Crippen LogP) is 1.94. The molecule has 0 fully saturated rings. The summed E-state index contributed by atoms with van der Waals surface area (Å²) >= 11 is 0. The Hall–Kier alpha value is -1.11. The van der Waals surface area contributed by atoms with Gasteiger partial charge in [-0.25, -0.2) is 0 Å². The molecule has 0 radical (unpaired) electrons. The molecule has 0 aromatic heterocycles. The summed E-state index contributed by atoms with van der Waals surface area (Å²) in [6, 6.07) is 6.11. The number of hydrogen-bond acceptors (Lipinski definition) is 4. The molecule has 1 rings (SSSR count). The molecule has 0 saturated carbocycles. The third-order valence-corrected chi connectivity index (χ3v) is 3.76. The third-order valence-electron chi connectivity index (χ3n) is 2.96. The van der Waals surface area contributed by atoms with Crippen molar-refractivity contribution < 1.29 is 17.7 Å². The Morgan fingerprint density at radius 3 is 2.45 bits per heavy atom. The van der Waals surface area contributed by atoms with Crippen molar-refractivity contribution in [3.05, 3.63) is 29.3 Å². The fourth-order valence-electron chi connectivity index (χ4n) is 1.90. The van der Waals surface area contributed by atoms with Crippen molar-refractivity contribution in [2.75, 3.05) is 18.9 Å². The Bertz CT molecular complexity index is 508. The summed E-state index contributed by atoms with van der Waals surface area (Å²) in [5, 5.41) is 3.16. The Labute approximate surface area is 121 Å². The molecule has 0 amide bonds. The third kappa shape index (κ3) is 6.36. The summed E-state index contributed by atoms with van der Waals surface area (Å²) in [5.74, 6) is 0.684. The van der Waals surface area contributed by atoms with E-state index in [1.165, 1.54) is 0 Å². The standard InChI is InChI=1S/C14H23NO4S/c1-11-6-4-7-12(2)14(11)19-10-13(3)15-8-5-9-20(16,17)18/h4,6-7,13,15H,5,8-10H2,1-3H3,(H,16,17,18).